The van der Waals surface area contributed by atoms with Gasteiger partial charge in [-0.3, -0.25) is 20.3 Å². The van der Waals surface area contributed by atoms with Gasteiger partial charge >= 0.3 is 0 Å². The minimum atomic E-state index is -4.51. The number of nitro benzene ring substituents is 1. The van der Waals surface area contributed by atoms with Gasteiger partial charge in [0.15, 0.2) is 13.2 Å². The largest absolute Gasteiger partial charge is 0.410 e. The second-order valence-electron chi connectivity index (χ2n) is 9.96. The minimum Gasteiger partial charge on any atom is -0.410 e. The van der Waals surface area contributed by atoms with Crippen LogP contribution in [0, 0.1) is 21.4 Å². The molecule has 200 valence electrons. The third-order valence-corrected chi connectivity index (χ3v) is 13.8. The maximum Gasteiger partial charge on any atom is 0.289 e. The Bertz CT molecular complexity index is 1320. The average molecular weight is 566 g/mol. The Labute approximate surface area is 222 Å². The molecule has 0 spiro atoms. The normalized spacial score (nSPS) is 18.3. The van der Waals surface area contributed by atoms with Crippen LogP contribution in [-0.4, -0.2) is 44.3 Å². The molecule has 0 radical (unpaired) electrons. The van der Waals surface area contributed by atoms with Gasteiger partial charge in [-0.2, -0.15) is 5.26 Å². The standard InChI is InChI=1S/C23H31N5O6S2Si/c1-7-12-33-28(36(31,32)19-11-9-8-10-17(19)27(29)30)18-14-25-16(13-24)21-22(18)35-20(26-21)15-34-37(5,6)23(2,3)4/h7-11,16,18,25H,1,12,14-15H2,2-6H3. The maximum absolute atomic E-state index is 13.7. The van der Waals surface area contributed by atoms with Crippen LogP contribution >= 0.6 is 11.3 Å². The first-order valence-electron chi connectivity index (χ1n) is 11.5. The molecule has 0 saturated heterocycles. The van der Waals surface area contributed by atoms with E-state index in [1.807, 2.05) is 0 Å². The average Bonchev–Trinajstić information content (AvgIpc) is 3.27. The number of rotatable bonds is 10. The summed E-state index contributed by atoms with van der Waals surface area (Å²) in [6.07, 6.45) is 1.38. The fourth-order valence-electron chi connectivity index (χ4n) is 3.43. The van der Waals surface area contributed by atoms with Crippen LogP contribution < -0.4 is 5.32 Å². The summed E-state index contributed by atoms with van der Waals surface area (Å²) in [5, 5.41) is 24.9. The molecule has 0 fully saturated rings. The quantitative estimate of drug-likeness (QED) is 0.189. The number of nitrogens with zero attached hydrogens (tertiary/aromatic N) is 4. The number of thiazole rings is 1. The van der Waals surface area contributed by atoms with Crippen LogP contribution in [0.1, 0.15) is 48.4 Å². The van der Waals surface area contributed by atoms with Gasteiger partial charge in [0.05, 0.1) is 34.8 Å². The topological polar surface area (TPSA) is 148 Å². The number of benzene rings is 1. The maximum atomic E-state index is 13.7. The van der Waals surface area contributed by atoms with E-state index in [1.165, 1.54) is 29.5 Å². The number of fused-ring (bicyclic) bond motifs is 1. The minimum absolute atomic E-state index is 0.0169. The molecule has 14 heteroatoms. The first kappa shape index (κ1) is 29.0. The summed E-state index contributed by atoms with van der Waals surface area (Å²) in [5.41, 5.74) is -0.177. The SMILES string of the molecule is C=CCON(C1CNC(C#N)c2nc(CO[Si](C)(C)C(C)(C)C)sc21)S(=O)(=O)c1ccccc1[N+](=O)[O-]. The number of nitriles is 1. The van der Waals surface area contributed by atoms with E-state index < -0.39 is 45.9 Å². The molecular weight excluding hydrogens is 535 g/mol. The Hall–Kier alpha value is -2.51. The number of nitro groups is 1. The molecule has 2 unspecified atom stereocenters. The predicted octanol–water partition coefficient (Wildman–Crippen LogP) is 4.59. The molecule has 1 aliphatic heterocycles. The highest BCUT2D eigenvalue weighted by atomic mass is 32.2. The number of hydrogen-bond donors (Lipinski definition) is 1. The van der Waals surface area contributed by atoms with Crippen molar-refractivity contribution in [3.8, 4) is 6.07 Å². The van der Waals surface area contributed by atoms with E-state index in [0.29, 0.717) is 15.6 Å². The van der Waals surface area contributed by atoms with E-state index >= 15 is 0 Å². The van der Waals surface area contributed by atoms with Crippen LogP contribution in [0.4, 0.5) is 5.69 Å². The van der Waals surface area contributed by atoms with Crippen molar-refractivity contribution in [1.29, 1.82) is 5.26 Å². The van der Waals surface area contributed by atoms with Gasteiger partial charge in [-0.05, 0) is 24.2 Å². The summed E-state index contributed by atoms with van der Waals surface area (Å²) in [5.74, 6) is 0. The fraction of sp³-hybridized carbons (Fsp3) is 0.478. The van der Waals surface area contributed by atoms with Crippen LogP contribution in [0.15, 0.2) is 41.8 Å². The van der Waals surface area contributed by atoms with Gasteiger partial charge in [0.1, 0.15) is 17.1 Å². The number of aromatic nitrogens is 1. The van der Waals surface area contributed by atoms with Gasteiger partial charge in [0.25, 0.3) is 15.7 Å². The molecule has 2 aromatic rings. The highest BCUT2D eigenvalue weighted by molar-refractivity contribution is 7.89. The summed E-state index contributed by atoms with van der Waals surface area (Å²) in [6, 6.07) is 5.56. The Balaban J connectivity index is 2.06. The zero-order valence-corrected chi connectivity index (χ0v) is 24.1. The Kier molecular flexibility index (Phi) is 8.70. The van der Waals surface area contributed by atoms with Crippen molar-refractivity contribution in [2.24, 2.45) is 0 Å². The summed E-state index contributed by atoms with van der Waals surface area (Å²) >= 11 is 1.25. The summed E-state index contributed by atoms with van der Waals surface area (Å²) < 4.78 is 34.5. The number of nitrogens with one attached hydrogen (secondary N) is 1. The monoisotopic (exact) mass is 565 g/mol. The Morgan fingerprint density at radius 1 is 1.41 bits per heavy atom. The molecule has 0 amide bonds. The van der Waals surface area contributed by atoms with Crippen molar-refractivity contribution in [2.75, 3.05) is 13.2 Å². The Morgan fingerprint density at radius 2 is 2.08 bits per heavy atom. The van der Waals surface area contributed by atoms with Crippen molar-refractivity contribution < 1.29 is 22.6 Å². The van der Waals surface area contributed by atoms with E-state index in [2.05, 4.69) is 56.8 Å². The van der Waals surface area contributed by atoms with E-state index in [4.69, 9.17) is 9.26 Å². The molecule has 3 rings (SSSR count). The van der Waals surface area contributed by atoms with E-state index in [9.17, 15) is 23.8 Å². The highest BCUT2D eigenvalue weighted by Crippen LogP contribution is 2.41. The highest BCUT2D eigenvalue weighted by Gasteiger charge is 2.43. The lowest BCUT2D eigenvalue weighted by molar-refractivity contribution is -0.388. The Morgan fingerprint density at radius 3 is 2.68 bits per heavy atom. The van der Waals surface area contributed by atoms with Crippen molar-refractivity contribution in [1.82, 2.24) is 14.8 Å². The molecule has 1 aromatic heterocycles. The number of sulfonamides is 1. The zero-order chi connectivity index (χ0) is 27.6. The van der Waals surface area contributed by atoms with E-state index in [-0.39, 0.29) is 24.8 Å². The predicted molar refractivity (Wildman–Crippen MR) is 141 cm³/mol. The number of hydroxylamine groups is 1. The molecule has 1 N–H and O–H groups in total. The van der Waals surface area contributed by atoms with Crippen molar-refractivity contribution >= 4 is 35.4 Å². The van der Waals surface area contributed by atoms with Gasteiger partial charge in [-0.25, -0.2) is 13.4 Å². The van der Waals surface area contributed by atoms with Crippen molar-refractivity contribution in [3.05, 3.63) is 62.6 Å². The molecule has 11 nitrogen and oxygen atoms in total. The lowest BCUT2D eigenvalue weighted by Crippen LogP contribution is -2.44. The van der Waals surface area contributed by atoms with Crippen LogP contribution in [0.3, 0.4) is 0 Å². The molecule has 2 heterocycles. The van der Waals surface area contributed by atoms with Crippen molar-refractivity contribution in [3.63, 3.8) is 0 Å². The van der Waals surface area contributed by atoms with Crippen LogP contribution in [0.2, 0.25) is 18.1 Å². The lowest BCUT2D eigenvalue weighted by atomic mass is 10.1. The third-order valence-electron chi connectivity index (χ3n) is 6.46. The molecule has 0 bridgehead atoms. The molecular formula is C23H31N5O6S2Si. The van der Waals surface area contributed by atoms with Crippen LogP contribution in [-0.2, 0) is 25.9 Å². The summed E-state index contributed by atoms with van der Waals surface area (Å²) in [7, 11) is -6.60. The second-order valence-corrected chi connectivity index (χ2v) is 17.6. The van der Waals surface area contributed by atoms with Crippen LogP contribution in [0.5, 0.6) is 0 Å². The second kappa shape index (κ2) is 11.1. The smallest absolute Gasteiger partial charge is 0.289 e. The lowest BCUT2D eigenvalue weighted by Gasteiger charge is -2.35. The molecule has 37 heavy (non-hydrogen) atoms. The molecule has 1 aliphatic rings. The van der Waals surface area contributed by atoms with Gasteiger partial charge in [0, 0.05) is 12.6 Å². The van der Waals surface area contributed by atoms with E-state index in [0.717, 1.165) is 16.6 Å². The van der Waals surface area contributed by atoms with Crippen LogP contribution in [0.25, 0.3) is 0 Å². The van der Waals surface area contributed by atoms with Crippen molar-refractivity contribution in [2.45, 2.75) is 62.5 Å². The number of hydrogen-bond acceptors (Lipinski definition) is 10. The molecule has 2 atom stereocenters. The zero-order valence-electron chi connectivity index (χ0n) is 21.4. The van der Waals surface area contributed by atoms with Gasteiger partial charge in [-0.15, -0.1) is 17.9 Å². The third kappa shape index (κ3) is 5.98. The van der Waals surface area contributed by atoms with E-state index in [1.54, 1.807) is 0 Å². The fourth-order valence-corrected chi connectivity index (χ4v) is 7.20. The van der Waals surface area contributed by atoms with Gasteiger partial charge in [0.2, 0.25) is 0 Å². The number of para-hydroxylation sites is 1. The first-order valence-corrected chi connectivity index (χ1v) is 16.7. The first-order chi connectivity index (χ1) is 17.2. The molecule has 0 aliphatic carbocycles. The summed E-state index contributed by atoms with van der Waals surface area (Å²) in [6.45, 7) is 14.3. The molecule has 1 aromatic carbocycles. The molecule has 0 saturated carbocycles. The van der Waals surface area contributed by atoms with Gasteiger partial charge < -0.3 is 4.43 Å². The summed E-state index contributed by atoms with van der Waals surface area (Å²) in [4.78, 5) is 21.1. The van der Waals surface area contributed by atoms with Gasteiger partial charge in [-0.1, -0.05) is 43.4 Å².